The van der Waals surface area contributed by atoms with Gasteiger partial charge in [-0.1, -0.05) is 84.9 Å². The lowest BCUT2D eigenvalue weighted by Crippen LogP contribution is -2.55. The van der Waals surface area contributed by atoms with Gasteiger partial charge in [-0.2, -0.15) is 0 Å². The minimum Gasteiger partial charge on any atom is -0.352 e. The highest BCUT2D eigenvalue weighted by molar-refractivity contribution is 7.92. The van der Waals surface area contributed by atoms with Crippen LogP contribution in [0.25, 0.3) is 0 Å². The standard InChI is InChI=1S/C31H34Cl2FN3O4S/c1-42(40,41)37(28-17-14-24(32)19-27(28)33)21-30(38)36(20-23-12-15-25(34)16-13-23)29(18-22-8-4-2-5-9-22)31(39)35-26-10-6-3-7-11-26/h2,4-5,8-9,12-17,19,26,29H,3,6-7,10-11,18,20-21H2,1H3,(H,35,39). The molecule has 2 amide bonds. The third-order valence-corrected chi connectivity index (χ3v) is 9.01. The summed E-state index contributed by atoms with van der Waals surface area (Å²) in [5.41, 5.74) is 1.51. The average molecular weight is 635 g/mol. The molecule has 7 nitrogen and oxygen atoms in total. The quantitative estimate of drug-likeness (QED) is 0.281. The van der Waals surface area contributed by atoms with Crippen LogP contribution in [0.3, 0.4) is 0 Å². The molecule has 0 radical (unpaired) electrons. The predicted octanol–water partition coefficient (Wildman–Crippen LogP) is 5.99. The van der Waals surface area contributed by atoms with E-state index in [9.17, 15) is 22.4 Å². The molecule has 11 heteroatoms. The van der Waals surface area contributed by atoms with Gasteiger partial charge in [-0.05, 0) is 54.3 Å². The van der Waals surface area contributed by atoms with Crippen molar-refractivity contribution in [2.45, 2.75) is 57.2 Å². The zero-order valence-electron chi connectivity index (χ0n) is 23.3. The zero-order valence-corrected chi connectivity index (χ0v) is 25.6. The van der Waals surface area contributed by atoms with Crippen LogP contribution in [0.1, 0.15) is 43.2 Å². The molecule has 0 spiro atoms. The first-order valence-electron chi connectivity index (χ1n) is 13.8. The smallest absolute Gasteiger partial charge is 0.244 e. The lowest BCUT2D eigenvalue weighted by Gasteiger charge is -2.35. The summed E-state index contributed by atoms with van der Waals surface area (Å²) in [4.78, 5) is 29.4. The van der Waals surface area contributed by atoms with Gasteiger partial charge < -0.3 is 10.2 Å². The summed E-state index contributed by atoms with van der Waals surface area (Å²) < 4.78 is 40.5. The number of halogens is 3. The fourth-order valence-electron chi connectivity index (χ4n) is 5.16. The zero-order chi connectivity index (χ0) is 30.3. The van der Waals surface area contributed by atoms with Gasteiger partial charge in [0.05, 0.1) is 17.0 Å². The van der Waals surface area contributed by atoms with Crippen LogP contribution in [0.5, 0.6) is 0 Å². The molecule has 0 saturated heterocycles. The van der Waals surface area contributed by atoms with Crippen molar-refractivity contribution in [3.63, 3.8) is 0 Å². The first kappa shape index (κ1) is 31.8. The number of rotatable bonds is 11. The molecule has 42 heavy (non-hydrogen) atoms. The maximum Gasteiger partial charge on any atom is 0.244 e. The third-order valence-electron chi connectivity index (χ3n) is 7.35. The molecule has 1 aliphatic rings. The number of hydrogen-bond acceptors (Lipinski definition) is 4. The molecule has 1 N–H and O–H groups in total. The fourth-order valence-corrected chi connectivity index (χ4v) is 6.59. The average Bonchev–Trinajstić information content (AvgIpc) is 2.95. The maximum atomic E-state index is 14.1. The van der Waals surface area contributed by atoms with Crippen molar-refractivity contribution in [3.05, 3.63) is 99.8 Å². The molecule has 0 bridgehead atoms. The van der Waals surface area contributed by atoms with Crippen LogP contribution in [0.2, 0.25) is 10.0 Å². The maximum absolute atomic E-state index is 14.1. The van der Waals surface area contributed by atoms with Gasteiger partial charge in [0, 0.05) is 24.0 Å². The van der Waals surface area contributed by atoms with Crippen LogP contribution in [0.15, 0.2) is 72.8 Å². The number of hydrogen-bond donors (Lipinski definition) is 1. The Morgan fingerprint density at radius 1 is 0.952 bits per heavy atom. The van der Waals surface area contributed by atoms with E-state index in [1.54, 1.807) is 12.1 Å². The van der Waals surface area contributed by atoms with E-state index in [4.69, 9.17) is 23.2 Å². The predicted molar refractivity (Wildman–Crippen MR) is 165 cm³/mol. The summed E-state index contributed by atoms with van der Waals surface area (Å²) in [5, 5.41) is 3.51. The highest BCUT2D eigenvalue weighted by Crippen LogP contribution is 2.31. The van der Waals surface area contributed by atoms with Crippen molar-refractivity contribution < 1.29 is 22.4 Å². The number of nitrogens with zero attached hydrogens (tertiary/aromatic N) is 2. The minimum absolute atomic E-state index is 0.00677. The number of amides is 2. The summed E-state index contributed by atoms with van der Waals surface area (Å²) in [5.74, 6) is -1.37. The second kappa shape index (κ2) is 14.4. The van der Waals surface area contributed by atoms with Crippen molar-refractivity contribution in [3.8, 4) is 0 Å². The van der Waals surface area contributed by atoms with Gasteiger partial charge >= 0.3 is 0 Å². The Morgan fingerprint density at radius 3 is 2.24 bits per heavy atom. The van der Waals surface area contributed by atoms with Crippen molar-refractivity contribution >= 4 is 50.7 Å². The molecule has 224 valence electrons. The van der Waals surface area contributed by atoms with Gasteiger partial charge in [-0.15, -0.1) is 0 Å². The van der Waals surface area contributed by atoms with Gasteiger partial charge in [0.2, 0.25) is 21.8 Å². The lowest BCUT2D eigenvalue weighted by atomic mass is 9.94. The number of sulfonamides is 1. The van der Waals surface area contributed by atoms with E-state index in [1.165, 1.54) is 35.2 Å². The summed E-state index contributed by atoms with van der Waals surface area (Å²) in [7, 11) is -3.98. The molecule has 1 fully saturated rings. The molecule has 1 unspecified atom stereocenters. The summed E-state index contributed by atoms with van der Waals surface area (Å²) >= 11 is 12.4. The molecule has 1 saturated carbocycles. The number of carbonyl (C=O) groups is 2. The normalized spacial score (nSPS) is 14.7. The van der Waals surface area contributed by atoms with Gasteiger partial charge in [0.25, 0.3) is 0 Å². The van der Waals surface area contributed by atoms with Crippen molar-refractivity contribution in [2.24, 2.45) is 0 Å². The van der Waals surface area contributed by atoms with Crippen LogP contribution in [0, 0.1) is 5.82 Å². The first-order valence-corrected chi connectivity index (χ1v) is 16.4. The van der Waals surface area contributed by atoms with Crippen LogP contribution < -0.4 is 9.62 Å². The fraction of sp³-hybridized carbons (Fsp3) is 0.355. The van der Waals surface area contributed by atoms with Gasteiger partial charge in [-0.25, -0.2) is 12.8 Å². The summed E-state index contributed by atoms with van der Waals surface area (Å²) in [6.45, 7) is -0.649. The Balaban J connectivity index is 1.73. The first-order chi connectivity index (χ1) is 20.0. The topological polar surface area (TPSA) is 86.8 Å². The Kier molecular flexibility index (Phi) is 10.9. The molecule has 1 aliphatic carbocycles. The van der Waals surface area contributed by atoms with E-state index in [-0.39, 0.29) is 35.6 Å². The van der Waals surface area contributed by atoms with E-state index in [1.807, 2.05) is 30.3 Å². The van der Waals surface area contributed by atoms with Crippen LogP contribution in [-0.2, 0) is 32.6 Å². The Morgan fingerprint density at radius 2 is 1.62 bits per heavy atom. The van der Waals surface area contributed by atoms with Gasteiger partial charge in [0.1, 0.15) is 18.4 Å². The van der Waals surface area contributed by atoms with E-state index >= 15 is 0 Å². The van der Waals surface area contributed by atoms with Crippen LogP contribution >= 0.6 is 23.2 Å². The molecule has 0 heterocycles. The molecule has 0 aliphatic heterocycles. The number of nitrogens with one attached hydrogen (secondary N) is 1. The molecule has 4 rings (SSSR count). The molecule has 3 aromatic rings. The minimum atomic E-state index is -3.98. The lowest BCUT2D eigenvalue weighted by molar-refractivity contribution is -0.140. The number of benzene rings is 3. The molecule has 1 atom stereocenters. The van der Waals surface area contributed by atoms with E-state index < -0.39 is 34.3 Å². The summed E-state index contributed by atoms with van der Waals surface area (Å²) in [6.07, 6.45) is 6.03. The Hall–Kier alpha value is -3.14. The summed E-state index contributed by atoms with van der Waals surface area (Å²) in [6, 6.07) is 18.3. The second-order valence-electron chi connectivity index (χ2n) is 10.6. The van der Waals surface area contributed by atoms with Crippen molar-refractivity contribution in [1.29, 1.82) is 0 Å². The molecular weight excluding hydrogens is 600 g/mol. The highest BCUT2D eigenvalue weighted by Gasteiger charge is 2.34. The molecule has 3 aromatic carbocycles. The highest BCUT2D eigenvalue weighted by atomic mass is 35.5. The Bertz CT molecular complexity index is 1480. The molecular formula is C31H34Cl2FN3O4S. The van der Waals surface area contributed by atoms with Crippen molar-refractivity contribution in [2.75, 3.05) is 17.1 Å². The third kappa shape index (κ3) is 8.69. The van der Waals surface area contributed by atoms with Gasteiger partial charge in [-0.3, -0.25) is 13.9 Å². The van der Waals surface area contributed by atoms with Gasteiger partial charge in [0.15, 0.2) is 0 Å². The monoisotopic (exact) mass is 633 g/mol. The second-order valence-corrected chi connectivity index (χ2v) is 13.3. The largest absolute Gasteiger partial charge is 0.352 e. The number of anilines is 1. The van der Waals surface area contributed by atoms with E-state index in [0.29, 0.717) is 10.6 Å². The van der Waals surface area contributed by atoms with Crippen LogP contribution in [0.4, 0.5) is 10.1 Å². The van der Waals surface area contributed by atoms with Crippen LogP contribution in [-0.4, -0.2) is 50.0 Å². The Labute approximate surface area is 256 Å². The van der Waals surface area contributed by atoms with E-state index in [0.717, 1.165) is 48.2 Å². The van der Waals surface area contributed by atoms with Crippen molar-refractivity contribution in [1.82, 2.24) is 10.2 Å². The number of carbonyl (C=O) groups excluding carboxylic acids is 2. The SMILES string of the molecule is CS(=O)(=O)N(CC(=O)N(Cc1ccc(F)cc1)C(Cc1ccccc1)C(=O)NC1CCCCC1)c1ccc(Cl)cc1Cl. The van der Waals surface area contributed by atoms with E-state index in [2.05, 4.69) is 5.32 Å². The molecule has 0 aromatic heterocycles.